The van der Waals surface area contributed by atoms with E-state index in [0.717, 1.165) is 12.8 Å². The van der Waals surface area contributed by atoms with E-state index in [-0.39, 0.29) is 17.3 Å². The molecule has 18 heavy (non-hydrogen) atoms. The highest BCUT2D eigenvalue weighted by molar-refractivity contribution is 5.78. The number of fused-ring (bicyclic) bond motifs is 1. The van der Waals surface area contributed by atoms with Crippen molar-refractivity contribution in [2.45, 2.75) is 45.4 Å². The standard InChI is InChI=1S/C16H20O2/c1-16(2)13(14(16)15(17)18)12-9-5-7-10-6-3-4-8-11(10)12/h5,7,9,13-14H,3-4,6,8H2,1-2H3,(H,17,18). The van der Waals surface area contributed by atoms with Crippen LogP contribution in [0.4, 0.5) is 0 Å². The smallest absolute Gasteiger partial charge is 0.307 e. The first-order chi connectivity index (χ1) is 8.53. The van der Waals surface area contributed by atoms with E-state index in [9.17, 15) is 9.90 Å². The molecule has 0 spiro atoms. The SMILES string of the molecule is CC1(C)C(C(=O)O)C1c1cccc2c1CCCC2. The van der Waals surface area contributed by atoms with Crippen LogP contribution in [0.25, 0.3) is 0 Å². The van der Waals surface area contributed by atoms with Crippen molar-refractivity contribution in [2.75, 3.05) is 0 Å². The van der Waals surface area contributed by atoms with Gasteiger partial charge in [-0.2, -0.15) is 0 Å². The summed E-state index contributed by atoms with van der Waals surface area (Å²) in [6.45, 7) is 4.16. The predicted octanol–water partition coefficient (Wildman–Crippen LogP) is 3.39. The average molecular weight is 244 g/mol. The van der Waals surface area contributed by atoms with Gasteiger partial charge in [0.15, 0.2) is 0 Å². The van der Waals surface area contributed by atoms with Gasteiger partial charge in [-0.3, -0.25) is 4.79 Å². The van der Waals surface area contributed by atoms with Crippen LogP contribution in [0.15, 0.2) is 18.2 Å². The van der Waals surface area contributed by atoms with Crippen molar-refractivity contribution in [3.05, 3.63) is 34.9 Å². The summed E-state index contributed by atoms with van der Waals surface area (Å²) in [7, 11) is 0. The largest absolute Gasteiger partial charge is 0.481 e. The lowest BCUT2D eigenvalue weighted by molar-refractivity contribution is -0.139. The Morgan fingerprint density at radius 2 is 2.00 bits per heavy atom. The number of carboxylic acid groups (broad SMARTS) is 1. The number of hydrogen-bond donors (Lipinski definition) is 1. The van der Waals surface area contributed by atoms with E-state index < -0.39 is 5.97 Å². The van der Waals surface area contributed by atoms with Crippen molar-refractivity contribution in [3.63, 3.8) is 0 Å². The van der Waals surface area contributed by atoms with Crippen LogP contribution in [0.1, 0.15) is 49.3 Å². The maximum atomic E-state index is 11.3. The summed E-state index contributed by atoms with van der Waals surface area (Å²) in [5, 5.41) is 9.32. The molecular weight excluding hydrogens is 224 g/mol. The van der Waals surface area contributed by atoms with Gasteiger partial charge >= 0.3 is 5.97 Å². The molecule has 2 aliphatic carbocycles. The molecule has 1 fully saturated rings. The molecule has 1 aromatic carbocycles. The Morgan fingerprint density at radius 1 is 1.28 bits per heavy atom. The first-order valence-electron chi connectivity index (χ1n) is 6.87. The number of aliphatic carboxylic acids is 1. The lowest BCUT2D eigenvalue weighted by atomic mass is 9.85. The zero-order chi connectivity index (χ0) is 12.9. The Labute approximate surface area is 108 Å². The van der Waals surface area contributed by atoms with Crippen molar-refractivity contribution in [1.29, 1.82) is 0 Å². The molecule has 0 heterocycles. The summed E-state index contributed by atoms with van der Waals surface area (Å²) < 4.78 is 0. The van der Waals surface area contributed by atoms with E-state index in [1.807, 2.05) is 0 Å². The highest BCUT2D eigenvalue weighted by Gasteiger charge is 2.63. The first-order valence-corrected chi connectivity index (χ1v) is 6.87. The molecule has 1 aromatic rings. The first kappa shape index (κ1) is 11.8. The summed E-state index contributed by atoms with van der Waals surface area (Å²) in [4.78, 5) is 11.3. The van der Waals surface area contributed by atoms with Crippen molar-refractivity contribution in [2.24, 2.45) is 11.3 Å². The van der Waals surface area contributed by atoms with Gasteiger partial charge in [-0.05, 0) is 47.8 Å². The lowest BCUT2D eigenvalue weighted by Gasteiger charge is -2.20. The normalized spacial score (nSPS) is 28.6. The maximum absolute atomic E-state index is 11.3. The lowest BCUT2D eigenvalue weighted by Crippen LogP contribution is -2.07. The second-order valence-electron chi connectivity index (χ2n) is 6.31. The van der Waals surface area contributed by atoms with Gasteiger partial charge in [0.05, 0.1) is 5.92 Å². The van der Waals surface area contributed by atoms with Gasteiger partial charge in [-0.1, -0.05) is 32.0 Å². The van der Waals surface area contributed by atoms with Gasteiger partial charge in [0.2, 0.25) is 0 Å². The van der Waals surface area contributed by atoms with Crippen LogP contribution in [0.2, 0.25) is 0 Å². The number of rotatable bonds is 2. The Morgan fingerprint density at radius 3 is 2.67 bits per heavy atom. The minimum absolute atomic E-state index is 0.0849. The predicted molar refractivity (Wildman–Crippen MR) is 70.7 cm³/mol. The van der Waals surface area contributed by atoms with E-state index in [4.69, 9.17) is 0 Å². The van der Waals surface area contributed by atoms with Gasteiger partial charge < -0.3 is 5.11 Å². The van der Waals surface area contributed by atoms with Crippen molar-refractivity contribution in [3.8, 4) is 0 Å². The zero-order valence-electron chi connectivity index (χ0n) is 11.1. The Kier molecular flexibility index (Phi) is 2.51. The monoisotopic (exact) mass is 244 g/mol. The Bertz CT molecular complexity index is 502. The molecule has 0 aromatic heterocycles. The third-order valence-corrected chi connectivity index (χ3v) is 4.86. The quantitative estimate of drug-likeness (QED) is 0.865. The molecule has 2 nitrogen and oxygen atoms in total. The van der Waals surface area contributed by atoms with E-state index in [1.54, 1.807) is 0 Å². The van der Waals surface area contributed by atoms with Crippen molar-refractivity contribution < 1.29 is 9.90 Å². The van der Waals surface area contributed by atoms with E-state index in [0.29, 0.717) is 0 Å². The van der Waals surface area contributed by atoms with Crippen LogP contribution < -0.4 is 0 Å². The minimum Gasteiger partial charge on any atom is -0.481 e. The molecule has 2 unspecified atom stereocenters. The molecular formula is C16H20O2. The average Bonchev–Trinajstić information content (AvgIpc) is 2.91. The molecule has 3 rings (SSSR count). The summed E-state index contributed by atoms with van der Waals surface area (Å²) in [6.07, 6.45) is 4.81. The number of hydrogen-bond acceptors (Lipinski definition) is 1. The minimum atomic E-state index is -0.640. The van der Waals surface area contributed by atoms with Crippen LogP contribution in [-0.4, -0.2) is 11.1 Å². The third kappa shape index (κ3) is 1.58. The fourth-order valence-corrected chi connectivity index (χ4v) is 3.78. The molecule has 0 radical (unpaired) electrons. The second kappa shape index (κ2) is 3.84. The molecule has 0 bridgehead atoms. The van der Waals surface area contributed by atoms with Crippen LogP contribution in [0.3, 0.4) is 0 Å². The van der Waals surface area contributed by atoms with E-state index in [1.165, 1.54) is 29.5 Å². The van der Waals surface area contributed by atoms with Crippen LogP contribution in [0, 0.1) is 11.3 Å². The van der Waals surface area contributed by atoms with Gasteiger partial charge in [-0.25, -0.2) is 0 Å². The summed E-state index contributed by atoms with van der Waals surface area (Å²) in [6, 6.07) is 6.47. The van der Waals surface area contributed by atoms with Crippen molar-refractivity contribution in [1.82, 2.24) is 0 Å². The van der Waals surface area contributed by atoms with Crippen LogP contribution >= 0.6 is 0 Å². The van der Waals surface area contributed by atoms with Gasteiger partial charge in [0.1, 0.15) is 0 Å². The van der Waals surface area contributed by atoms with Gasteiger partial charge in [0.25, 0.3) is 0 Å². The molecule has 2 aliphatic rings. The Hall–Kier alpha value is -1.31. The molecule has 2 heteroatoms. The summed E-state index contributed by atoms with van der Waals surface area (Å²) in [5.74, 6) is -0.632. The highest BCUT2D eigenvalue weighted by atomic mass is 16.4. The number of benzene rings is 1. The van der Waals surface area contributed by atoms with E-state index in [2.05, 4.69) is 32.0 Å². The van der Waals surface area contributed by atoms with Crippen LogP contribution in [0.5, 0.6) is 0 Å². The molecule has 1 N–H and O–H groups in total. The third-order valence-electron chi connectivity index (χ3n) is 4.86. The molecule has 2 atom stereocenters. The molecule has 0 saturated heterocycles. The maximum Gasteiger partial charge on any atom is 0.307 e. The summed E-state index contributed by atoms with van der Waals surface area (Å²) >= 11 is 0. The summed E-state index contributed by atoms with van der Waals surface area (Å²) in [5.41, 5.74) is 4.12. The second-order valence-corrected chi connectivity index (χ2v) is 6.31. The van der Waals surface area contributed by atoms with Crippen LogP contribution in [-0.2, 0) is 17.6 Å². The molecule has 0 aliphatic heterocycles. The zero-order valence-corrected chi connectivity index (χ0v) is 11.1. The highest BCUT2D eigenvalue weighted by Crippen LogP contribution is 2.65. The number of aryl methyl sites for hydroxylation is 1. The molecule has 1 saturated carbocycles. The molecule has 0 amide bonds. The topological polar surface area (TPSA) is 37.3 Å². The van der Waals surface area contributed by atoms with Gasteiger partial charge in [-0.15, -0.1) is 0 Å². The van der Waals surface area contributed by atoms with E-state index >= 15 is 0 Å². The number of carboxylic acids is 1. The van der Waals surface area contributed by atoms with Gasteiger partial charge in [0, 0.05) is 5.92 Å². The fourth-order valence-electron chi connectivity index (χ4n) is 3.78. The molecule has 96 valence electrons. The fraction of sp³-hybridized carbons (Fsp3) is 0.562. The Balaban J connectivity index is 2.01. The van der Waals surface area contributed by atoms with Crippen molar-refractivity contribution >= 4 is 5.97 Å². The number of carbonyl (C=O) groups is 1.